The quantitative estimate of drug-likeness (QED) is 0.866. The molecule has 1 amide bonds. The van der Waals surface area contributed by atoms with E-state index in [1.165, 1.54) is 6.26 Å². The number of sulfonamides is 1. The molecule has 0 atom stereocenters. The Bertz CT molecular complexity index is 631. The van der Waals surface area contributed by atoms with Crippen LogP contribution in [0.15, 0.2) is 24.3 Å². The van der Waals surface area contributed by atoms with Crippen LogP contribution in [-0.4, -0.2) is 37.0 Å². The molecular weight excluding hydrogens is 288 g/mol. The van der Waals surface area contributed by atoms with Crippen LogP contribution in [0.4, 0.5) is 0 Å². The molecule has 2 aliphatic carbocycles. The molecule has 0 heterocycles. The Morgan fingerprint density at radius 1 is 1.19 bits per heavy atom. The van der Waals surface area contributed by atoms with Crippen LogP contribution in [0.3, 0.4) is 0 Å². The summed E-state index contributed by atoms with van der Waals surface area (Å²) in [5.74, 6) is -0.0498. The average molecular weight is 308 g/mol. The summed E-state index contributed by atoms with van der Waals surface area (Å²) < 4.78 is 25.1. The van der Waals surface area contributed by atoms with Gasteiger partial charge in [-0.15, -0.1) is 0 Å². The van der Waals surface area contributed by atoms with Crippen LogP contribution in [0.25, 0.3) is 0 Å². The maximum absolute atomic E-state index is 11.9. The predicted octanol–water partition coefficient (Wildman–Crippen LogP) is 1.50. The van der Waals surface area contributed by atoms with Crippen molar-refractivity contribution in [1.82, 2.24) is 9.62 Å². The Morgan fingerprint density at radius 3 is 2.29 bits per heavy atom. The van der Waals surface area contributed by atoms with Gasteiger partial charge in [-0.1, -0.05) is 12.1 Å². The smallest absolute Gasteiger partial charge is 0.251 e. The number of carbonyl (C=O) groups excluding carboxylic acids is 1. The lowest BCUT2D eigenvalue weighted by atomic mass is 10.1. The maximum atomic E-state index is 11.9. The Kier molecular flexibility index (Phi) is 3.75. The number of amides is 1. The fourth-order valence-electron chi connectivity index (χ4n) is 2.32. The Balaban J connectivity index is 1.67. The molecule has 0 saturated heterocycles. The van der Waals surface area contributed by atoms with Crippen molar-refractivity contribution in [3.63, 3.8) is 0 Å². The first-order valence-electron chi connectivity index (χ1n) is 7.30. The van der Waals surface area contributed by atoms with Crippen LogP contribution in [0.5, 0.6) is 0 Å². The first-order valence-corrected chi connectivity index (χ1v) is 9.15. The third-order valence-electron chi connectivity index (χ3n) is 3.85. The van der Waals surface area contributed by atoms with E-state index in [-0.39, 0.29) is 11.9 Å². The number of hydrogen-bond acceptors (Lipinski definition) is 3. The van der Waals surface area contributed by atoms with Crippen LogP contribution in [0, 0.1) is 0 Å². The van der Waals surface area contributed by atoms with E-state index in [2.05, 4.69) is 5.32 Å². The van der Waals surface area contributed by atoms with Crippen LogP contribution in [0.1, 0.15) is 41.6 Å². The normalized spacial score (nSPS) is 18.8. The zero-order valence-corrected chi connectivity index (χ0v) is 12.9. The van der Waals surface area contributed by atoms with Gasteiger partial charge in [-0.3, -0.25) is 4.79 Å². The van der Waals surface area contributed by atoms with E-state index in [0.717, 1.165) is 31.2 Å². The zero-order chi connectivity index (χ0) is 15.0. The molecule has 1 aromatic rings. The molecule has 0 bridgehead atoms. The van der Waals surface area contributed by atoms with Crippen molar-refractivity contribution in [3.8, 4) is 0 Å². The second-order valence-electron chi connectivity index (χ2n) is 5.98. The van der Waals surface area contributed by atoms with E-state index >= 15 is 0 Å². The Labute approximate surface area is 125 Å². The summed E-state index contributed by atoms with van der Waals surface area (Å²) in [5, 5.41) is 2.94. The van der Waals surface area contributed by atoms with Gasteiger partial charge in [-0.05, 0) is 43.4 Å². The molecule has 2 saturated carbocycles. The number of carbonyl (C=O) groups is 1. The monoisotopic (exact) mass is 308 g/mol. The number of rotatable bonds is 6. The van der Waals surface area contributed by atoms with E-state index in [0.29, 0.717) is 18.2 Å². The lowest BCUT2D eigenvalue weighted by molar-refractivity contribution is 0.0951. The summed E-state index contributed by atoms with van der Waals surface area (Å²) in [6, 6.07) is 7.69. The fraction of sp³-hybridized carbons (Fsp3) is 0.533. The van der Waals surface area contributed by atoms with Gasteiger partial charge in [0.1, 0.15) is 0 Å². The standard InChI is InChI=1S/C15H20N2O3S/c1-21(19,20)17(14-8-9-14)10-11-2-4-12(5-3-11)15(18)16-13-6-7-13/h2-5,13-14H,6-10H2,1H3,(H,16,18). The molecule has 2 aliphatic rings. The minimum Gasteiger partial charge on any atom is -0.349 e. The van der Waals surface area contributed by atoms with Crippen LogP contribution in [0.2, 0.25) is 0 Å². The summed E-state index contributed by atoms with van der Waals surface area (Å²) in [6.07, 6.45) is 5.26. The zero-order valence-electron chi connectivity index (χ0n) is 12.1. The molecule has 3 rings (SSSR count). The van der Waals surface area contributed by atoms with Gasteiger partial charge in [0.25, 0.3) is 5.91 Å². The summed E-state index contributed by atoms with van der Waals surface area (Å²) in [4.78, 5) is 11.9. The second-order valence-corrected chi connectivity index (χ2v) is 7.92. The molecule has 0 aromatic heterocycles. The molecule has 1 aromatic carbocycles. The van der Waals surface area contributed by atoms with Gasteiger partial charge in [0, 0.05) is 24.2 Å². The van der Waals surface area contributed by atoms with Gasteiger partial charge in [0.15, 0.2) is 0 Å². The molecule has 1 N–H and O–H groups in total. The summed E-state index contributed by atoms with van der Waals surface area (Å²) in [5.41, 5.74) is 1.54. The number of nitrogens with zero attached hydrogens (tertiary/aromatic N) is 1. The highest BCUT2D eigenvalue weighted by atomic mass is 32.2. The molecule has 0 radical (unpaired) electrons. The van der Waals surface area contributed by atoms with Gasteiger partial charge in [-0.25, -0.2) is 8.42 Å². The summed E-state index contributed by atoms with van der Waals surface area (Å²) >= 11 is 0. The van der Waals surface area contributed by atoms with Crippen molar-refractivity contribution >= 4 is 15.9 Å². The molecule has 2 fully saturated rings. The largest absolute Gasteiger partial charge is 0.349 e. The first kappa shape index (κ1) is 14.5. The molecular formula is C15H20N2O3S. The predicted molar refractivity (Wildman–Crippen MR) is 80.3 cm³/mol. The number of benzene rings is 1. The first-order chi connectivity index (χ1) is 9.93. The highest BCUT2D eigenvalue weighted by Crippen LogP contribution is 2.30. The van der Waals surface area contributed by atoms with Gasteiger partial charge >= 0.3 is 0 Å². The lowest BCUT2D eigenvalue weighted by Gasteiger charge is -2.19. The van der Waals surface area contributed by atoms with Gasteiger partial charge in [0.2, 0.25) is 10.0 Å². The second kappa shape index (κ2) is 5.42. The maximum Gasteiger partial charge on any atom is 0.251 e. The van der Waals surface area contributed by atoms with Crippen molar-refractivity contribution in [2.45, 2.75) is 44.3 Å². The average Bonchev–Trinajstić information content (AvgIpc) is 3.29. The summed E-state index contributed by atoms with van der Waals surface area (Å²) in [6.45, 7) is 0.383. The minimum absolute atomic E-state index is 0.0498. The Morgan fingerprint density at radius 2 is 1.81 bits per heavy atom. The summed E-state index contributed by atoms with van der Waals surface area (Å²) in [7, 11) is -3.18. The molecule has 6 heteroatoms. The van der Waals surface area contributed by atoms with Crippen LogP contribution < -0.4 is 5.32 Å². The van der Waals surface area contributed by atoms with E-state index in [1.807, 2.05) is 12.1 Å². The van der Waals surface area contributed by atoms with Crippen LogP contribution in [-0.2, 0) is 16.6 Å². The van der Waals surface area contributed by atoms with E-state index < -0.39 is 10.0 Å². The van der Waals surface area contributed by atoms with Crippen LogP contribution >= 0.6 is 0 Å². The van der Waals surface area contributed by atoms with Crippen molar-refractivity contribution in [2.24, 2.45) is 0 Å². The molecule has 114 valence electrons. The van der Waals surface area contributed by atoms with Crippen molar-refractivity contribution in [2.75, 3.05) is 6.26 Å². The fourth-order valence-corrected chi connectivity index (χ4v) is 3.45. The van der Waals surface area contributed by atoms with Crippen molar-refractivity contribution < 1.29 is 13.2 Å². The minimum atomic E-state index is -3.18. The van der Waals surface area contributed by atoms with Crippen molar-refractivity contribution in [1.29, 1.82) is 0 Å². The lowest BCUT2D eigenvalue weighted by Crippen LogP contribution is -2.31. The third-order valence-corrected chi connectivity index (χ3v) is 5.13. The molecule has 5 nitrogen and oxygen atoms in total. The Hall–Kier alpha value is -1.40. The van der Waals surface area contributed by atoms with Gasteiger partial charge in [-0.2, -0.15) is 4.31 Å². The molecule has 0 aliphatic heterocycles. The number of nitrogens with one attached hydrogen (secondary N) is 1. The third kappa shape index (κ3) is 3.83. The van der Waals surface area contributed by atoms with E-state index in [9.17, 15) is 13.2 Å². The molecule has 0 spiro atoms. The SMILES string of the molecule is CS(=O)(=O)N(Cc1ccc(C(=O)NC2CC2)cc1)C1CC1. The van der Waals surface area contributed by atoms with Crippen molar-refractivity contribution in [3.05, 3.63) is 35.4 Å². The van der Waals surface area contributed by atoms with E-state index in [1.54, 1.807) is 16.4 Å². The molecule has 21 heavy (non-hydrogen) atoms. The molecule has 0 unspecified atom stereocenters. The van der Waals surface area contributed by atoms with Gasteiger partial charge in [0.05, 0.1) is 6.26 Å². The topological polar surface area (TPSA) is 66.5 Å². The van der Waals surface area contributed by atoms with Gasteiger partial charge < -0.3 is 5.32 Å². The highest BCUT2D eigenvalue weighted by molar-refractivity contribution is 7.88. The highest BCUT2D eigenvalue weighted by Gasteiger charge is 2.34. The van der Waals surface area contributed by atoms with E-state index in [4.69, 9.17) is 0 Å². The number of hydrogen-bond donors (Lipinski definition) is 1.